The number of rotatable bonds is 4. The standard InChI is InChI=1S/C18H27BN2O4S/c1-12(2)13(3)26(22,23)21-11-9-14-15(8-10-20-16(14)21)19-24-17(4,5)18(6,7)25-19/h8-13H,1-7H3. The van der Waals surface area contributed by atoms with E-state index >= 15 is 0 Å². The van der Waals surface area contributed by atoms with Gasteiger partial charge in [0.15, 0.2) is 5.65 Å². The van der Waals surface area contributed by atoms with E-state index < -0.39 is 33.6 Å². The Bertz CT molecular complexity index is 918. The Balaban J connectivity index is 2.09. The van der Waals surface area contributed by atoms with Crippen molar-refractivity contribution in [3.8, 4) is 0 Å². The lowest BCUT2D eigenvalue weighted by molar-refractivity contribution is 0.00578. The van der Waals surface area contributed by atoms with E-state index in [4.69, 9.17) is 9.31 Å². The van der Waals surface area contributed by atoms with Crippen LogP contribution >= 0.6 is 0 Å². The summed E-state index contributed by atoms with van der Waals surface area (Å²) in [5.74, 6) is 0.00345. The third-order valence-electron chi connectivity index (χ3n) is 5.78. The van der Waals surface area contributed by atoms with Crippen molar-refractivity contribution in [1.29, 1.82) is 0 Å². The number of pyridine rings is 1. The lowest BCUT2D eigenvalue weighted by Crippen LogP contribution is -2.41. The second kappa shape index (κ2) is 6.07. The van der Waals surface area contributed by atoms with E-state index in [1.54, 1.807) is 25.4 Å². The second-order valence-electron chi connectivity index (χ2n) is 8.33. The van der Waals surface area contributed by atoms with Crippen LogP contribution in [0.15, 0.2) is 24.5 Å². The Morgan fingerprint density at radius 1 is 1.08 bits per heavy atom. The summed E-state index contributed by atoms with van der Waals surface area (Å²) in [5, 5.41) is 0.214. The van der Waals surface area contributed by atoms with E-state index in [2.05, 4.69) is 4.98 Å². The molecule has 2 aromatic heterocycles. The molecule has 142 valence electrons. The van der Waals surface area contributed by atoms with Gasteiger partial charge in [0, 0.05) is 17.8 Å². The zero-order valence-corrected chi connectivity index (χ0v) is 17.3. The first kappa shape index (κ1) is 19.4. The molecule has 0 N–H and O–H groups in total. The molecule has 3 rings (SSSR count). The maximum atomic E-state index is 12.9. The quantitative estimate of drug-likeness (QED) is 0.765. The molecule has 1 atom stereocenters. The number of fused-ring (bicyclic) bond motifs is 1. The van der Waals surface area contributed by atoms with Crippen molar-refractivity contribution in [1.82, 2.24) is 8.96 Å². The van der Waals surface area contributed by atoms with Crippen LogP contribution in [0.25, 0.3) is 11.0 Å². The fraction of sp³-hybridized carbons (Fsp3) is 0.611. The van der Waals surface area contributed by atoms with Crippen LogP contribution in [-0.4, -0.2) is 40.9 Å². The summed E-state index contributed by atoms with van der Waals surface area (Å²) in [6.45, 7) is 13.5. The Morgan fingerprint density at radius 3 is 2.19 bits per heavy atom. The van der Waals surface area contributed by atoms with Gasteiger partial charge in [0.05, 0.1) is 16.5 Å². The van der Waals surface area contributed by atoms with Gasteiger partial charge in [-0.15, -0.1) is 0 Å². The van der Waals surface area contributed by atoms with E-state index in [9.17, 15) is 8.42 Å². The molecular formula is C18H27BN2O4S. The van der Waals surface area contributed by atoms with Gasteiger partial charge >= 0.3 is 7.12 Å². The average Bonchev–Trinajstić information content (AvgIpc) is 3.05. The summed E-state index contributed by atoms with van der Waals surface area (Å²) in [7, 11) is -4.10. The molecule has 0 aliphatic carbocycles. The molecule has 2 aromatic rings. The Kier molecular flexibility index (Phi) is 4.53. The van der Waals surface area contributed by atoms with Gasteiger partial charge in [-0.25, -0.2) is 17.4 Å². The predicted molar refractivity (Wildman–Crippen MR) is 104 cm³/mol. The Morgan fingerprint density at radius 2 is 1.65 bits per heavy atom. The smallest absolute Gasteiger partial charge is 0.399 e. The van der Waals surface area contributed by atoms with Crippen molar-refractivity contribution < 1.29 is 17.7 Å². The van der Waals surface area contributed by atoms with Gasteiger partial charge in [-0.3, -0.25) is 0 Å². The monoisotopic (exact) mass is 378 g/mol. The topological polar surface area (TPSA) is 70.4 Å². The molecule has 0 bridgehead atoms. The molecule has 0 amide bonds. The van der Waals surface area contributed by atoms with Crippen LogP contribution in [0.3, 0.4) is 0 Å². The van der Waals surface area contributed by atoms with Crippen molar-refractivity contribution in [3.63, 3.8) is 0 Å². The Labute approximate surface area is 156 Å². The van der Waals surface area contributed by atoms with Crippen molar-refractivity contribution in [3.05, 3.63) is 24.5 Å². The molecule has 0 saturated carbocycles. The molecule has 26 heavy (non-hydrogen) atoms. The summed E-state index contributed by atoms with van der Waals surface area (Å²) in [4.78, 5) is 4.33. The third kappa shape index (κ3) is 2.88. The average molecular weight is 378 g/mol. The van der Waals surface area contributed by atoms with Crippen LogP contribution < -0.4 is 5.46 Å². The van der Waals surface area contributed by atoms with Crippen molar-refractivity contribution >= 4 is 33.6 Å². The zero-order chi connectivity index (χ0) is 19.5. The number of aromatic nitrogens is 2. The highest BCUT2D eigenvalue weighted by Gasteiger charge is 2.52. The lowest BCUT2D eigenvalue weighted by atomic mass is 9.78. The van der Waals surface area contributed by atoms with Crippen LogP contribution in [0.1, 0.15) is 48.5 Å². The normalized spacial score (nSPS) is 20.8. The molecule has 1 aliphatic heterocycles. The highest BCUT2D eigenvalue weighted by molar-refractivity contribution is 7.90. The lowest BCUT2D eigenvalue weighted by Gasteiger charge is -2.32. The van der Waals surface area contributed by atoms with Crippen molar-refractivity contribution in [2.45, 2.75) is 64.9 Å². The molecule has 1 aliphatic rings. The molecule has 6 nitrogen and oxygen atoms in total. The summed E-state index contributed by atoms with van der Waals surface area (Å²) < 4.78 is 39.4. The summed E-state index contributed by atoms with van der Waals surface area (Å²) in [6.07, 6.45) is 3.18. The molecule has 0 spiro atoms. The molecule has 0 aromatic carbocycles. The van der Waals surface area contributed by atoms with Crippen LogP contribution in [0.2, 0.25) is 0 Å². The fourth-order valence-corrected chi connectivity index (χ4v) is 4.60. The highest BCUT2D eigenvalue weighted by Crippen LogP contribution is 2.37. The van der Waals surface area contributed by atoms with Crippen molar-refractivity contribution in [2.24, 2.45) is 5.92 Å². The Hall–Kier alpha value is -1.38. The first-order chi connectivity index (χ1) is 11.9. The van der Waals surface area contributed by atoms with E-state index in [0.717, 1.165) is 10.8 Å². The number of hydrogen-bond acceptors (Lipinski definition) is 5. The molecule has 1 fully saturated rings. The maximum absolute atomic E-state index is 12.9. The van der Waals surface area contributed by atoms with E-state index in [0.29, 0.717) is 5.65 Å². The largest absolute Gasteiger partial charge is 0.495 e. The van der Waals surface area contributed by atoms with Crippen LogP contribution in [0.4, 0.5) is 0 Å². The third-order valence-corrected chi connectivity index (χ3v) is 8.11. The van der Waals surface area contributed by atoms with Crippen LogP contribution in [0.5, 0.6) is 0 Å². The van der Waals surface area contributed by atoms with Gasteiger partial charge in [-0.05, 0) is 58.1 Å². The van der Waals surface area contributed by atoms with Gasteiger partial charge in [0.2, 0.25) is 10.0 Å². The summed E-state index contributed by atoms with van der Waals surface area (Å²) in [5.41, 5.74) is 0.270. The van der Waals surface area contributed by atoms with E-state index in [-0.39, 0.29) is 5.92 Å². The SMILES string of the molecule is CC(C)C(C)S(=O)(=O)n1ccc2c(B3OC(C)(C)C(C)(C)O3)ccnc21. The van der Waals surface area contributed by atoms with Gasteiger partial charge in [0.1, 0.15) is 0 Å². The highest BCUT2D eigenvalue weighted by atomic mass is 32.2. The van der Waals surface area contributed by atoms with E-state index in [1.807, 2.05) is 47.6 Å². The maximum Gasteiger partial charge on any atom is 0.495 e. The fourth-order valence-electron chi connectivity index (χ4n) is 2.94. The summed E-state index contributed by atoms with van der Waals surface area (Å²) >= 11 is 0. The minimum absolute atomic E-state index is 0.00345. The zero-order valence-electron chi connectivity index (χ0n) is 16.5. The van der Waals surface area contributed by atoms with Gasteiger partial charge in [-0.1, -0.05) is 13.8 Å². The number of hydrogen-bond donors (Lipinski definition) is 0. The van der Waals surface area contributed by atoms with Crippen molar-refractivity contribution in [2.75, 3.05) is 0 Å². The van der Waals surface area contributed by atoms with Crippen LogP contribution in [-0.2, 0) is 19.3 Å². The molecule has 0 radical (unpaired) electrons. The second-order valence-corrected chi connectivity index (χ2v) is 10.5. The molecule has 8 heteroatoms. The minimum atomic E-state index is -3.53. The predicted octanol–water partition coefficient (Wildman–Crippen LogP) is 2.56. The first-order valence-corrected chi connectivity index (χ1v) is 10.4. The molecule has 3 heterocycles. The first-order valence-electron chi connectivity index (χ1n) is 8.94. The molecule has 1 unspecified atom stereocenters. The molecule has 1 saturated heterocycles. The van der Waals surface area contributed by atoms with Crippen LogP contribution in [0, 0.1) is 5.92 Å². The van der Waals surface area contributed by atoms with Gasteiger partial charge in [-0.2, -0.15) is 0 Å². The minimum Gasteiger partial charge on any atom is -0.399 e. The summed E-state index contributed by atoms with van der Waals surface area (Å²) in [6, 6.07) is 3.60. The molecular weight excluding hydrogens is 351 g/mol. The van der Waals surface area contributed by atoms with E-state index in [1.165, 1.54) is 3.97 Å². The van der Waals surface area contributed by atoms with Gasteiger partial charge in [0.25, 0.3) is 0 Å². The van der Waals surface area contributed by atoms with Gasteiger partial charge < -0.3 is 9.31 Å². The number of nitrogens with zero attached hydrogens (tertiary/aromatic N) is 2.